The van der Waals surface area contributed by atoms with Crippen LogP contribution < -0.4 is 0 Å². The number of aromatic hydroxyl groups is 1. The molecule has 3 heteroatoms. The summed E-state index contributed by atoms with van der Waals surface area (Å²) < 4.78 is 0. The maximum Gasteiger partial charge on any atom is 0.123 e. The van der Waals surface area contributed by atoms with Crippen LogP contribution in [-0.2, 0) is 5.41 Å². The number of phenolic OH excluding ortho intramolecular Hbond substituents is 1. The van der Waals surface area contributed by atoms with Crippen LogP contribution in [0.15, 0.2) is 46.2 Å². The van der Waals surface area contributed by atoms with Crippen LogP contribution in [0.1, 0.15) is 95.8 Å². The molecule has 0 radical (unpaired) electrons. The lowest BCUT2D eigenvalue weighted by atomic mass is 9.52. The molecule has 2 fully saturated rings. The number of benzene rings is 3. The highest BCUT2D eigenvalue weighted by Crippen LogP contribution is 2.65. The fraction of sp³-hybridized carbons (Fsp3) is 0.529. The van der Waals surface area contributed by atoms with E-state index in [1.165, 1.54) is 81.5 Å². The lowest BCUT2D eigenvalue weighted by molar-refractivity contribution is 0.0644. The summed E-state index contributed by atoms with van der Waals surface area (Å²) >= 11 is 3.88. The van der Waals surface area contributed by atoms with E-state index in [9.17, 15) is 5.11 Å². The Labute approximate surface area is 232 Å². The molecule has 0 aromatic heterocycles. The molecular formula is C34H42OS2. The lowest BCUT2D eigenvalue weighted by Gasteiger charge is -2.52. The quantitative estimate of drug-likeness (QED) is 0.340. The van der Waals surface area contributed by atoms with Gasteiger partial charge in [-0.1, -0.05) is 53.0 Å². The standard InChI is InChI=1S/C34H42OS2/c1-21-14-26-25(16-30(21)36-6)29(35)17-28-31(26)24-13-12-23(37-22-10-8-7-9-11-22)15-27(24)34(28)19-32(2,3)18-33(4,5)20-34/h12-17,22,35H,7-11,18-20H2,1-6H3. The van der Waals surface area contributed by atoms with Crippen molar-refractivity contribution in [3.05, 3.63) is 53.1 Å². The van der Waals surface area contributed by atoms with Gasteiger partial charge in [0.1, 0.15) is 5.75 Å². The Hall–Kier alpha value is -1.58. The van der Waals surface area contributed by atoms with Gasteiger partial charge in [-0.3, -0.25) is 0 Å². The molecule has 0 aliphatic heterocycles. The van der Waals surface area contributed by atoms with E-state index in [0.717, 1.165) is 23.5 Å². The van der Waals surface area contributed by atoms with E-state index >= 15 is 0 Å². The molecule has 2 saturated carbocycles. The first-order valence-electron chi connectivity index (χ1n) is 14.2. The van der Waals surface area contributed by atoms with E-state index in [2.05, 4.69) is 89.0 Å². The van der Waals surface area contributed by atoms with Crippen LogP contribution >= 0.6 is 23.5 Å². The number of hydrogen-bond donors (Lipinski definition) is 1. The first-order valence-corrected chi connectivity index (χ1v) is 16.3. The zero-order chi connectivity index (χ0) is 26.2. The van der Waals surface area contributed by atoms with Gasteiger partial charge in [0.05, 0.1) is 0 Å². The Morgan fingerprint density at radius 1 is 0.811 bits per heavy atom. The maximum absolute atomic E-state index is 11.5. The van der Waals surface area contributed by atoms with Crippen molar-refractivity contribution in [2.45, 2.75) is 106 Å². The van der Waals surface area contributed by atoms with Crippen LogP contribution in [0, 0.1) is 17.8 Å². The van der Waals surface area contributed by atoms with Crippen molar-refractivity contribution >= 4 is 34.3 Å². The van der Waals surface area contributed by atoms with Gasteiger partial charge in [0.25, 0.3) is 0 Å². The molecule has 3 aliphatic carbocycles. The van der Waals surface area contributed by atoms with Crippen molar-refractivity contribution in [2.24, 2.45) is 10.8 Å². The lowest BCUT2D eigenvalue weighted by Crippen LogP contribution is -2.43. The number of rotatable bonds is 3. The number of aryl methyl sites for hydroxylation is 1. The largest absolute Gasteiger partial charge is 0.507 e. The molecule has 1 N–H and O–H groups in total. The van der Waals surface area contributed by atoms with Crippen molar-refractivity contribution in [1.82, 2.24) is 0 Å². The zero-order valence-corrected chi connectivity index (χ0v) is 25.1. The number of fused-ring (bicyclic) bond motifs is 7. The van der Waals surface area contributed by atoms with Crippen molar-refractivity contribution in [3.63, 3.8) is 0 Å². The molecule has 0 atom stereocenters. The fourth-order valence-electron chi connectivity index (χ4n) is 8.65. The molecule has 6 rings (SSSR count). The first kappa shape index (κ1) is 25.7. The van der Waals surface area contributed by atoms with Crippen LogP contribution in [-0.4, -0.2) is 16.6 Å². The monoisotopic (exact) mass is 530 g/mol. The van der Waals surface area contributed by atoms with E-state index in [0.29, 0.717) is 5.75 Å². The molecule has 3 aliphatic rings. The number of hydrogen-bond acceptors (Lipinski definition) is 3. The van der Waals surface area contributed by atoms with Crippen LogP contribution in [0.4, 0.5) is 0 Å². The molecule has 0 saturated heterocycles. The minimum Gasteiger partial charge on any atom is -0.507 e. The highest BCUT2D eigenvalue weighted by atomic mass is 32.2. The summed E-state index contributed by atoms with van der Waals surface area (Å²) in [6.45, 7) is 12.1. The molecule has 0 amide bonds. The molecular weight excluding hydrogens is 489 g/mol. The normalized spacial score (nSPS) is 21.8. The van der Waals surface area contributed by atoms with E-state index in [4.69, 9.17) is 0 Å². The first-order chi connectivity index (χ1) is 17.5. The molecule has 37 heavy (non-hydrogen) atoms. The molecule has 196 valence electrons. The summed E-state index contributed by atoms with van der Waals surface area (Å²) in [6, 6.07) is 14.1. The molecule has 1 nitrogen and oxygen atoms in total. The molecule has 3 aromatic carbocycles. The third-order valence-corrected chi connectivity index (χ3v) is 11.5. The Balaban J connectivity index is 1.61. The van der Waals surface area contributed by atoms with Gasteiger partial charge in [-0.15, -0.1) is 23.5 Å². The zero-order valence-electron chi connectivity index (χ0n) is 23.5. The number of thioether (sulfide) groups is 2. The topological polar surface area (TPSA) is 20.2 Å². The number of phenols is 1. The van der Waals surface area contributed by atoms with Gasteiger partial charge < -0.3 is 5.11 Å². The fourth-order valence-corrected chi connectivity index (χ4v) is 10.6. The summed E-state index contributed by atoms with van der Waals surface area (Å²) in [6.07, 6.45) is 12.5. The third-order valence-electron chi connectivity index (χ3n) is 9.29. The molecule has 0 unspecified atom stereocenters. The summed E-state index contributed by atoms with van der Waals surface area (Å²) in [7, 11) is 0. The van der Waals surface area contributed by atoms with Gasteiger partial charge in [-0.25, -0.2) is 0 Å². The van der Waals surface area contributed by atoms with Crippen molar-refractivity contribution in [3.8, 4) is 16.9 Å². The van der Waals surface area contributed by atoms with Crippen LogP contribution in [0.3, 0.4) is 0 Å². The highest BCUT2D eigenvalue weighted by molar-refractivity contribution is 8.00. The predicted octanol–water partition coefficient (Wildman–Crippen LogP) is 10.5. The van der Waals surface area contributed by atoms with Gasteiger partial charge >= 0.3 is 0 Å². The highest BCUT2D eigenvalue weighted by Gasteiger charge is 2.53. The summed E-state index contributed by atoms with van der Waals surface area (Å²) in [5, 5.41) is 14.4. The molecule has 0 heterocycles. The predicted molar refractivity (Wildman–Crippen MR) is 162 cm³/mol. The second kappa shape index (κ2) is 8.98. The van der Waals surface area contributed by atoms with E-state index in [-0.39, 0.29) is 16.2 Å². The van der Waals surface area contributed by atoms with Gasteiger partial charge in [0.15, 0.2) is 0 Å². The summed E-state index contributed by atoms with van der Waals surface area (Å²) in [5.74, 6) is 0.439. The van der Waals surface area contributed by atoms with Gasteiger partial charge in [-0.05, 0) is 120 Å². The SMILES string of the molecule is CSc1cc2c(O)cc3c(c2cc1C)-c1ccc(SC2CCCCC2)cc1C31CC(C)(C)CC(C)(C)C1. The van der Waals surface area contributed by atoms with Gasteiger partial charge in [0, 0.05) is 25.8 Å². The minimum absolute atomic E-state index is 0.0587. The van der Waals surface area contributed by atoms with Crippen molar-refractivity contribution in [2.75, 3.05) is 6.26 Å². The summed E-state index contributed by atoms with van der Waals surface area (Å²) in [4.78, 5) is 2.68. The van der Waals surface area contributed by atoms with E-state index < -0.39 is 0 Å². The van der Waals surface area contributed by atoms with Gasteiger partial charge in [-0.2, -0.15) is 0 Å². The van der Waals surface area contributed by atoms with Crippen LogP contribution in [0.2, 0.25) is 0 Å². The summed E-state index contributed by atoms with van der Waals surface area (Å²) in [5.41, 5.74) is 7.36. The minimum atomic E-state index is -0.0587. The second-order valence-electron chi connectivity index (χ2n) is 13.7. The van der Waals surface area contributed by atoms with Crippen LogP contribution in [0.5, 0.6) is 5.75 Å². The van der Waals surface area contributed by atoms with E-state index in [1.54, 1.807) is 11.8 Å². The second-order valence-corrected chi connectivity index (χ2v) is 15.9. The average molecular weight is 531 g/mol. The molecule has 1 spiro atoms. The van der Waals surface area contributed by atoms with Crippen molar-refractivity contribution in [1.29, 1.82) is 0 Å². The maximum atomic E-state index is 11.5. The van der Waals surface area contributed by atoms with E-state index in [1.807, 2.05) is 0 Å². The average Bonchev–Trinajstić information content (AvgIpc) is 3.05. The Bertz CT molecular complexity index is 1360. The Morgan fingerprint density at radius 3 is 2.19 bits per heavy atom. The molecule has 0 bridgehead atoms. The Morgan fingerprint density at radius 2 is 1.51 bits per heavy atom. The Kier molecular flexibility index (Phi) is 6.24. The smallest absolute Gasteiger partial charge is 0.123 e. The molecule has 3 aromatic rings. The van der Waals surface area contributed by atoms with Gasteiger partial charge in [0.2, 0.25) is 0 Å². The third kappa shape index (κ3) is 4.33. The van der Waals surface area contributed by atoms with Crippen molar-refractivity contribution < 1.29 is 5.11 Å². The van der Waals surface area contributed by atoms with Crippen LogP contribution in [0.25, 0.3) is 21.9 Å².